The molecule has 0 aromatic carbocycles. The molecule has 0 saturated carbocycles. The Kier molecular flexibility index (Phi) is 5.30. The predicted octanol–water partition coefficient (Wildman–Crippen LogP) is 3.08. The Morgan fingerprint density at radius 1 is 1.60 bits per heavy atom. The van der Waals surface area contributed by atoms with Gasteiger partial charge < -0.3 is 9.84 Å². The summed E-state index contributed by atoms with van der Waals surface area (Å²) < 4.78 is 19.6. The SMILES string of the molecule is CC(C)COc1c(C(=O)O)cnn1/C=C/C(C)(C)CF. The number of rotatable bonds is 7. The Balaban J connectivity index is 3.04. The van der Waals surface area contributed by atoms with Gasteiger partial charge in [0.15, 0.2) is 0 Å². The second-order valence-electron chi connectivity index (χ2n) is 5.76. The number of nitrogens with zero attached hydrogens (tertiary/aromatic N) is 2. The van der Waals surface area contributed by atoms with Gasteiger partial charge in [-0.15, -0.1) is 0 Å². The molecule has 0 fully saturated rings. The molecular formula is C14H21FN2O3. The van der Waals surface area contributed by atoms with E-state index in [0.717, 1.165) is 0 Å². The zero-order chi connectivity index (χ0) is 15.3. The zero-order valence-corrected chi connectivity index (χ0v) is 12.3. The van der Waals surface area contributed by atoms with Crippen LogP contribution in [0, 0.1) is 11.3 Å². The lowest BCUT2D eigenvalue weighted by Crippen LogP contribution is -2.12. The number of hydrogen-bond donors (Lipinski definition) is 1. The van der Waals surface area contributed by atoms with E-state index in [9.17, 15) is 9.18 Å². The highest BCUT2D eigenvalue weighted by Gasteiger charge is 2.19. The smallest absolute Gasteiger partial charge is 0.342 e. The number of ether oxygens (including phenoxy) is 1. The van der Waals surface area contributed by atoms with Crippen molar-refractivity contribution in [3.05, 3.63) is 17.8 Å². The molecule has 1 aromatic heterocycles. The second kappa shape index (κ2) is 6.54. The quantitative estimate of drug-likeness (QED) is 0.835. The van der Waals surface area contributed by atoms with Crippen molar-refractivity contribution in [2.45, 2.75) is 27.7 Å². The normalized spacial score (nSPS) is 12.3. The molecule has 0 spiro atoms. The van der Waals surface area contributed by atoms with Crippen LogP contribution in [0.1, 0.15) is 38.1 Å². The van der Waals surface area contributed by atoms with Crippen LogP contribution in [0.4, 0.5) is 4.39 Å². The number of aromatic nitrogens is 2. The second-order valence-corrected chi connectivity index (χ2v) is 5.76. The van der Waals surface area contributed by atoms with E-state index in [-0.39, 0.29) is 17.4 Å². The molecule has 0 atom stereocenters. The van der Waals surface area contributed by atoms with E-state index < -0.39 is 18.1 Å². The summed E-state index contributed by atoms with van der Waals surface area (Å²) in [7, 11) is 0. The molecule has 1 rings (SSSR count). The fourth-order valence-corrected chi connectivity index (χ4v) is 1.31. The Hall–Kier alpha value is -1.85. The van der Waals surface area contributed by atoms with Crippen molar-refractivity contribution in [2.24, 2.45) is 11.3 Å². The summed E-state index contributed by atoms with van der Waals surface area (Å²) in [5, 5.41) is 13.1. The lowest BCUT2D eigenvalue weighted by Gasteiger charge is -2.15. The van der Waals surface area contributed by atoms with Gasteiger partial charge in [-0.25, -0.2) is 9.48 Å². The maximum Gasteiger partial charge on any atom is 0.342 e. The number of carbonyl (C=O) groups is 1. The minimum absolute atomic E-state index is 0.00615. The van der Waals surface area contributed by atoms with Gasteiger partial charge in [0.1, 0.15) is 5.56 Å². The van der Waals surface area contributed by atoms with E-state index in [1.54, 1.807) is 19.9 Å². The van der Waals surface area contributed by atoms with E-state index >= 15 is 0 Å². The zero-order valence-electron chi connectivity index (χ0n) is 12.3. The van der Waals surface area contributed by atoms with E-state index in [0.29, 0.717) is 6.61 Å². The first-order chi connectivity index (χ1) is 9.26. The minimum atomic E-state index is -1.10. The molecule has 5 nitrogen and oxygen atoms in total. The number of allylic oxidation sites excluding steroid dienone is 1. The van der Waals surface area contributed by atoms with Crippen LogP contribution < -0.4 is 4.74 Å². The summed E-state index contributed by atoms with van der Waals surface area (Å²) in [6.45, 7) is 7.26. The van der Waals surface area contributed by atoms with E-state index in [4.69, 9.17) is 9.84 Å². The fourth-order valence-electron chi connectivity index (χ4n) is 1.31. The van der Waals surface area contributed by atoms with Crippen LogP contribution >= 0.6 is 0 Å². The van der Waals surface area contributed by atoms with Gasteiger partial charge in [-0.1, -0.05) is 33.8 Å². The molecule has 1 aromatic rings. The van der Waals surface area contributed by atoms with E-state index in [1.165, 1.54) is 17.1 Å². The first kappa shape index (κ1) is 16.2. The van der Waals surface area contributed by atoms with Crippen LogP contribution in [0.3, 0.4) is 0 Å². The van der Waals surface area contributed by atoms with Crippen molar-refractivity contribution in [3.8, 4) is 5.88 Å². The predicted molar refractivity (Wildman–Crippen MR) is 74.6 cm³/mol. The Labute approximate surface area is 118 Å². The molecule has 0 bridgehead atoms. The third-order valence-electron chi connectivity index (χ3n) is 2.54. The fraction of sp³-hybridized carbons (Fsp3) is 0.571. The van der Waals surface area contributed by atoms with Crippen molar-refractivity contribution in [3.63, 3.8) is 0 Å². The van der Waals surface area contributed by atoms with Gasteiger partial charge in [0.25, 0.3) is 0 Å². The standard InChI is InChI=1S/C14H21FN2O3/c1-10(2)8-20-12-11(13(18)19)7-16-17(12)6-5-14(3,4)9-15/h5-7,10H,8-9H2,1-4H3,(H,18,19)/b6-5+. The van der Waals surface area contributed by atoms with Gasteiger partial charge in [-0.2, -0.15) is 5.10 Å². The van der Waals surface area contributed by atoms with Crippen LogP contribution in [-0.4, -0.2) is 34.1 Å². The average molecular weight is 284 g/mol. The topological polar surface area (TPSA) is 64.3 Å². The van der Waals surface area contributed by atoms with Crippen LogP contribution in [0.2, 0.25) is 0 Å². The molecule has 0 radical (unpaired) electrons. The van der Waals surface area contributed by atoms with Crippen LogP contribution in [0.15, 0.2) is 12.3 Å². The van der Waals surface area contributed by atoms with Gasteiger partial charge in [0.05, 0.1) is 19.5 Å². The number of aromatic carboxylic acids is 1. The van der Waals surface area contributed by atoms with Gasteiger partial charge in [0, 0.05) is 11.6 Å². The highest BCUT2D eigenvalue weighted by Crippen LogP contribution is 2.22. The molecule has 0 amide bonds. The summed E-state index contributed by atoms with van der Waals surface area (Å²) in [6.07, 6.45) is 4.39. The number of carboxylic acids is 1. The third kappa shape index (κ3) is 4.36. The van der Waals surface area contributed by atoms with Crippen molar-refractivity contribution in [1.82, 2.24) is 9.78 Å². The Bertz CT molecular complexity index is 493. The molecule has 0 unspecified atom stereocenters. The lowest BCUT2D eigenvalue weighted by atomic mass is 9.96. The molecule has 20 heavy (non-hydrogen) atoms. The Morgan fingerprint density at radius 3 is 2.75 bits per heavy atom. The third-order valence-corrected chi connectivity index (χ3v) is 2.54. The van der Waals surface area contributed by atoms with Crippen molar-refractivity contribution >= 4 is 12.2 Å². The van der Waals surface area contributed by atoms with Crippen LogP contribution in [-0.2, 0) is 0 Å². The molecule has 0 aliphatic carbocycles. The molecule has 1 heterocycles. The first-order valence-electron chi connectivity index (χ1n) is 6.45. The van der Waals surface area contributed by atoms with E-state index in [2.05, 4.69) is 5.10 Å². The minimum Gasteiger partial charge on any atom is -0.477 e. The molecule has 112 valence electrons. The average Bonchev–Trinajstić information content (AvgIpc) is 2.77. The summed E-state index contributed by atoms with van der Waals surface area (Å²) in [6, 6.07) is 0. The molecule has 0 aliphatic rings. The van der Waals surface area contributed by atoms with Crippen molar-refractivity contribution < 1.29 is 19.0 Å². The number of hydrogen-bond acceptors (Lipinski definition) is 3. The molecule has 0 aliphatic heterocycles. The number of halogens is 1. The highest BCUT2D eigenvalue weighted by atomic mass is 19.1. The van der Waals surface area contributed by atoms with Crippen LogP contribution in [0.5, 0.6) is 5.88 Å². The Morgan fingerprint density at radius 2 is 2.25 bits per heavy atom. The number of carboxylic acid groups (broad SMARTS) is 1. The highest BCUT2D eigenvalue weighted by molar-refractivity contribution is 5.90. The summed E-state index contributed by atoms with van der Waals surface area (Å²) in [4.78, 5) is 11.1. The molecule has 1 N–H and O–H groups in total. The monoisotopic (exact) mass is 284 g/mol. The number of alkyl halides is 1. The maximum atomic E-state index is 12.8. The van der Waals surface area contributed by atoms with Gasteiger partial charge in [-0.3, -0.25) is 4.39 Å². The van der Waals surface area contributed by atoms with Gasteiger partial charge in [-0.05, 0) is 5.92 Å². The summed E-state index contributed by atoms with van der Waals surface area (Å²) >= 11 is 0. The maximum absolute atomic E-state index is 12.8. The van der Waals surface area contributed by atoms with Gasteiger partial charge in [0.2, 0.25) is 5.88 Å². The molecule has 6 heteroatoms. The lowest BCUT2D eigenvalue weighted by molar-refractivity contribution is 0.0691. The largest absolute Gasteiger partial charge is 0.477 e. The first-order valence-corrected chi connectivity index (χ1v) is 6.45. The van der Waals surface area contributed by atoms with E-state index in [1.807, 2.05) is 13.8 Å². The van der Waals surface area contributed by atoms with Crippen LogP contribution in [0.25, 0.3) is 6.20 Å². The van der Waals surface area contributed by atoms with Crippen molar-refractivity contribution in [2.75, 3.05) is 13.3 Å². The van der Waals surface area contributed by atoms with Gasteiger partial charge >= 0.3 is 5.97 Å². The molecule has 0 saturated heterocycles. The van der Waals surface area contributed by atoms with Crippen molar-refractivity contribution in [1.29, 1.82) is 0 Å². The summed E-state index contributed by atoms with van der Waals surface area (Å²) in [5.74, 6) is -0.684. The summed E-state index contributed by atoms with van der Waals surface area (Å²) in [5.41, 5.74) is -0.640. The molecular weight excluding hydrogens is 263 g/mol.